The van der Waals surface area contributed by atoms with Gasteiger partial charge in [0.1, 0.15) is 6.61 Å². The number of anilines is 1. The van der Waals surface area contributed by atoms with Crippen molar-refractivity contribution >= 4 is 5.69 Å². The van der Waals surface area contributed by atoms with E-state index in [1.54, 1.807) is 13.3 Å². The van der Waals surface area contributed by atoms with E-state index in [4.69, 9.17) is 9.47 Å². The van der Waals surface area contributed by atoms with Crippen LogP contribution in [0.5, 0.6) is 5.88 Å². The Kier molecular flexibility index (Phi) is 5.64. The predicted molar refractivity (Wildman–Crippen MR) is 64.9 cm³/mol. The standard InChI is InChI=1S/C12H20N2O2/c1-10(2)8-13-11-4-5-12(14-9-11)16-7-6-15-3/h4-5,9-10,13H,6-8H2,1-3H3. The van der Waals surface area contributed by atoms with E-state index in [1.807, 2.05) is 12.1 Å². The Morgan fingerprint density at radius 2 is 2.12 bits per heavy atom. The first-order chi connectivity index (χ1) is 7.72. The Morgan fingerprint density at radius 3 is 2.69 bits per heavy atom. The van der Waals surface area contributed by atoms with Gasteiger partial charge in [-0.05, 0) is 12.0 Å². The van der Waals surface area contributed by atoms with Gasteiger partial charge in [-0.15, -0.1) is 0 Å². The lowest BCUT2D eigenvalue weighted by Gasteiger charge is -2.09. The average Bonchev–Trinajstić information content (AvgIpc) is 2.28. The molecule has 0 aliphatic carbocycles. The Bertz CT molecular complexity index is 286. The van der Waals surface area contributed by atoms with Crippen LogP contribution in [0.2, 0.25) is 0 Å². The first-order valence-corrected chi connectivity index (χ1v) is 5.54. The number of hydrogen-bond donors (Lipinski definition) is 1. The molecule has 0 unspecified atom stereocenters. The average molecular weight is 224 g/mol. The zero-order valence-corrected chi connectivity index (χ0v) is 10.2. The van der Waals surface area contributed by atoms with E-state index in [9.17, 15) is 0 Å². The summed E-state index contributed by atoms with van der Waals surface area (Å²) >= 11 is 0. The van der Waals surface area contributed by atoms with Gasteiger partial charge < -0.3 is 14.8 Å². The van der Waals surface area contributed by atoms with Crippen LogP contribution in [0, 0.1) is 5.92 Å². The monoisotopic (exact) mass is 224 g/mol. The van der Waals surface area contributed by atoms with E-state index in [-0.39, 0.29) is 0 Å². The highest BCUT2D eigenvalue weighted by molar-refractivity contribution is 5.41. The minimum atomic E-state index is 0.530. The highest BCUT2D eigenvalue weighted by Gasteiger charge is 1.97. The predicted octanol–water partition coefficient (Wildman–Crippen LogP) is 2.17. The summed E-state index contributed by atoms with van der Waals surface area (Å²) in [6.45, 7) is 6.40. The molecule has 90 valence electrons. The zero-order chi connectivity index (χ0) is 11.8. The van der Waals surface area contributed by atoms with Crippen molar-refractivity contribution in [3.8, 4) is 5.88 Å². The number of aromatic nitrogens is 1. The summed E-state index contributed by atoms with van der Waals surface area (Å²) in [5, 5.41) is 3.30. The lowest BCUT2D eigenvalue weighted by atomic mass is 10.2. The van der Waals surface area contributed by atoms with Gasteiger partial charge in [0, 0.05) is 19.7 Å². The van der Waals surface area contributed by atoms with Gasteiger partial charge in [-0.3, -0.25) is 0 Å². The van der Waals surface area contributed by atoms with Crippen molar-refractivity contribution < 1.29 is 9.47 Å². The molecule has 16 heavy (non-hydrogen) atoms. The van der Waals surface area contributed by atoms with Crippen LogP contribution in [0.25, 0.3) is 0 Å². The smallest absolute Gasteiger partial charge is 0.213 e. The SMILES string of the molecule is COCCOc1ccc(NCC(C)C)cn1. The molecule has 0 saturated heterocycles. The summed E-state index contributed by atoms with van der Waals surface area (Å²) < 4.78 is 10.3. The number of nitrogens with zero attached hydrogens (tertiary/aromatic N) is 1. The van der Waals surface area contributed by atoms with Crippen molar-refractivity contribution in [2.75, 3.05) is 32.2 Å². The fraction of sp³-hybridized carbons (Fsp3) is 0.583. The Labute approximate surface area is 97.0 Å². The van der Waals surface area contributed by atoms with Crippen LogP contribution < -0.4 is 10.1 Å². The van der Waals surface area contributed by atoms with Crippen molar-refractivity contribution in [3.05, 3.63) is 18.3 Å². The molecule has 0 fully saturated rings. The molecular formula is C12H20N2O2. The lowest BCUT2D eigenvalue weighted by molar-refractivity contribution is 0.144. The number of hydrogen-bond acceptors (Lipinski definition) is 4. The molecule has 0 amide bonds. The lowest BCUT2D eigenvalue weighted by Crippen LogP contribution is -2.08. The molecule has 0 radical (unpaired) electrons. The van der Waals surface area contributed by atoms with Crippen LogP contribution >= 0.6 is 0 Å². The van der Waals surface area contributed by atoms with Crippen molar-refractivity contribution in [3.63, 3.8) is 0 Å². The third-order valence-electron chi connectivity index (χ3n) is 1.99. The van der Waals surface area contributed by atoms with Gasteiger partial charge in [0.25, 0.3) is 0 Å². The molecule has 0 aliphatic rings. The molecule has 1 rings (SSSR count). The van der Waals surface area contributed by atoms with Crippen LogP contribution in [0.15, 0.2) is 18.3 Å². The molecule has 0 bridgehead atoms. The molecule has 0 atom stereocenters. The Morgan fingerprint density at radius 1 is 1.31 bits per heavy atom. The summed E-state index contributed by atoms with van der Waals surface area (Å²) in [6.07, 6.45) is 1.78. The maximum Gasteiger partial charge on any atom is 0.213 e. The topological polar surface area (TPSA) is 43.4 Å². The number of rotatable bonds is 7. The van der Waals surface area contributed by atoms with Crippen molar-refractivity contribution in [2.24, 2.45) is 5.92 Å². The van der Waals surface area contributed by atoms with Gasteiger partial charge >= 0.3 is 0 Å². The molecule has 1 aromatic heterocycles. The number of nitrogens with one attached hydrogen (secondary N) is 1. The third kappa shape index (κ3) is 4.98. The maximum atomic E-state index is 5.36. The van der Waals surface area contributed by atoms with Crippen molar-refractivity contribution in [2.45, 2.75) is 13.8 Å². The van der Waals surface area contributed by atoms with Gasteiger partial charge in [-0.25, -0.2) is 4.98 Å². The number of pyridine rings is 1. The molecule has 4 nitrogen and oxygen atoms in total. The van der Waals surface area contributed by atoms with Crippen molar-refractivity contribution in [1.82, 2.24) is 4.98 Å². The van der Waals surface area contributed by atoms with E-state index < -0.39 is 0 Å². The highest BCUT2D eigenvalue weighted by Crippen LogP contribution is 2.11. The van der Waals surface area contributed by atoms with Gasteiger partial charge in [0.2, 0.25) is 5.88 Å². The summed E-state index contributed by atoms with van der Waals surface area (Å²) in [5.41, 5.74) is 1.02. The summed E-state index contributed by atoms with van der Waals surface area (Å²) in [5.74, 6) is 1.25. The van der Waals surface area contributed by atoms with Crippen molar-refractivity contribution in [1.29, 1.82) is 0 Å². The second-order valence-corrected chi connectivity index (χ2v) is 4.00. The summed E-state index contributed by atoms with van der Waals surface area (Å²) in [7, 11) is 1.65. The maximum absolute atomic E-state index is 5.36. The van der Waals surface area contributed by atoms with Gasteiger partial charge in [0.15, 0.2) is 0 Å². The molecule has 1 heterocycles. The van der Waals surface area contributed by atoms with Crippen LogP contribution in [-0.2, 0) is 4.74 Å². The van der Waals surface area contributed by atoms with E-state index in [2.05, 4.69) is 24.1 Å². The molecule has 0 saturated carbocycles. The van der Waals surface area contributed by atoms with E-state index in [0.717, 1.165) is 12.2 Å². The molecule has 0 spiro atoms. The van der Waals surface area contributed by atoms with Crippen LogP contribution in [0.3, 0.4) is 0 Å². The molecular weight excluding hydrogens is 204 g/mol. The molecule has 4 heteroatoms. The van der Waals surface area contributed by atoms with Gasteiger partial charge in [-0.2, -0.15) is 0 Å². The Hall–Kier alpha value is -1.29. The minimum absolute atomic E-state index is 0.530. The summed E-state index contributed by atoms with van der Waals surface area (Å²) in [6, 6.07) is 3.83. The summed E-state index contributed by atoms with van der Waals surface area (Å²) in [4.78, 5) is 4.19. The second kappa shape index (κ2) is 7.06. The fourth-order valence-electron chi connectivity index (χ4n) is 1.12. The zero-order valence-electron chi connectivity index (χ0n) is 10.2. The normalized spacial score (nSPS) is 10.5. The van der Waals surface area contributed by atoms with Crippen LogP contribution in [0.1, 0.15) is 13.8 Å². The molecule has 1 aromatic rings. The highest BCUT2D eigenvalue weighted by atomic mass is 16.5. The van der Waals surface area contributed by atoms with E-state index >= 15 is 0 Å². The van der Waals surface area contributed by atoms with E-state index in [0.29, 0.717) is 25.0 Å². The molecule has 1 N–H and O–H groups in total. The molecule has 0 aliphatic heterocycles. The third-order valence-corrected chi connectivity index (χ3v) is 1.99. The van der Waals surface area contributed by atoms with Gasteiger partial charge in [0.05, 0.1) is 18.5 Å². The largest absolute Gasteiger partial charge is 0.475 e. The number of methoxy groups -OCH3 is 1. The first-order valence-electron chi connectivity index (χ1n) is 5.54. The van der Waals surface area contributed by atoms with Gasteiger partial charge in [-0.1, -0.05) is 13.8 Å². The first kappa shape index (κ1) is 12.8. The van der Waals surface area contributed by atoms with Crippen LogP contribution in [-0.4, -0.2) is 31.9 Å². The second-order valence-electron chi connectivity index (χ2n) is 4.00. The number of ether oxygens (including phenoxy) is 2. The van der Waals surface area contributed by atoms with E-state index in [1.165, 1.54) is 0 Å². The molecule has 0 aromatic carbocycles. The quantitative estimate of drug-likeness (QED) is 0.721. The van der Waals surface area contributed by atoms with Crippen LogP contribution in [0.4, 0.5) is 5.69 Å². The Balaban J connectivity index is 2.35. The minimum Gasteiger partial charge on any atom is -0.475 e. The fourth-order valence-corrected chi connectivity index (χ4v) is 1.12.